The van der Waals surface area contributed by atoms with E-state index in [1.807, 2.05) is 13.0 Å². The number of hydrogen-bond acceptors (Lipinski definition) is 6. The van der Waals surface area contributed by atoms with E-state index < -0.39 is 10.0 Å². The molecule has 220 valence electrons. The van der Waals surface area contributed by atoms with E-state index in [0.29, 0.717) is 51.6 Å². The van der Waals surface area contributed by atoms with Crippen LogP contribution in [0.15, 0.2) is 65.1 Å². The van der Waals surface area contributed by atoms with Gasteiger partial charge in [-0.2, -0.15) is 0 Å². The normalized spacial score (nSPS) is 12.8. The van der Waals surface area contributed by atoms with Crippen molar-refractivity contribution < 1.29 is 39.2 Å². The summed E-state index contributed by atoms with van der Waals surface area (Å²) in [6.07, 6.45) is 4.76. The zero-order valence-corrected chi connectivity index (χ0v) is 24.8. The lowest BCUT2D eigenvalue weighted by Gasteiger charge is -2.25. The van der Waals surface area contributed by atoms with Crippen LogP contribution >= 0.6 is 0 Å². The van der Waals surface area contributed by atoms with Crippen LogP contribution < -0.4 is 32.9 Å². The number of anilines is 1. The van der Waals surface area contributed by atoms with Gasteiger partial charge < -0.3 is 33.0 Å². The van der Waals surface area contributed by atoms with Crippen molar-refractivity contribution in [3.05, 3.63) is 77.6 Å². The average Bonchev–Trinajstić information content (AvgIpc) is 3.69. The van der Waals surface area contributed by atoms with Crippen LogP contribution in [-0.4, -0.2) is 34.2 Å². The zero-order chi connectivity index (χ0) is 27.7. The van der Waals surface area contributed by atoms with E-state index in [9.17, 15) is 17.6 Å². The number of carbonyl (C=O) groups is 1. The monoisotopic (exact) mass is 602 g/mol. The molecular weight excluding hydrogens is 569 g/mol. The van der Waals surface area contributed by atoms with Gasteiger partial charge in [0.25, 0.3) is 5.91 Å². The molecule has 0 spiro atoms. The minimum Gasteiger partial charge on any atom is -1.00 e. The Morgan fingerprint density at radius 1 is 1.07 bits per heavy atom. The average molecular weight is 603 g/mol. The highest BCUT2D eigenvalue weighted by Gasteiger charge is 2.33. The highest BCUT2D eigenvalue weighted by molar-refractivity contribution is 7.92. The molecule has 1 saturated carbocycles. The molecule has 0 saturated heterocycles. The first-order valence-electron chi connectivity index (χ1n) is 13.0. The van der Waals surface area contributed by atoms with Gasteiger partial charge in [-0.3, -0.25) is 9.10 Å². The van der Waals surface area contributed by atoms with Gasteiger partial charge in [-0.05, 0) is 85.3 Å². The number of benzene rings is 3. The summed E-state index contributed by atoms with van der Waals surface area (Å²) >= 11 is 0. The SMILES string of the molecule is CCCCN(c1cc2oc(-c3ccc(Oc4ccc(F)cc4)cc3)c(C(=O)NC)c2cc1C1CC1)S(C)(=O)=O.N.[Cl-]. The number of hydrogen-bond donors (Lipinski definition) is 2. The number of ether oxygens (including phenoxy) is 1. The fourth-order valence-corrected chi connectivity index (χ4v) is 5.70. The highest BCUT2D eigenvalue weighted by Crippen LogP contribution is 2.48. The van der Waals surface area contributed by atoms with E-state index in [0.717, 1.165) is 31.2 Å². The van der Waals surface area contributed by atoms with Crippen molar-refractivity contribution in [2.75, 3.05) is 24.2 Å². The number of rotatable bonds is 10. The maximum absolute atomic E-state index is 13.2. The Balaban J connectivity index is 0.00000231. The number of amides is 1. The van der Waals surface area contributed by atoms with Crippen molar-refractivity contribution in [2.24, 2.45) is 0 Å². The molecule has 11 heteroatoms. The van der Waals surface area contributed by atoms with Crippen molar-refractivity contribution >= 4 is 32.6 Å². The van der Waals surface area contributed by atoms with Crippen molar-refractivity contribution in [2.45, 2.75) is 38.5 Å². The molecule has 1 aliphatic rings. The minimum atomic E-state index is -3.52. The minimum absolute atomic E-state index is 0. The van der Waals surface area contributed by atoms with E-state index in [-0.39, 0.29) is 36.2 Å². The summed E-state index contributed by atoms with van der Waals surface area (Å²) in [5.74, 6) is 1.03. The number of fused-ring (bicyclic) bond motifs is 1. The molecule has 1 aliphatic carbocycles. The lowest BCUT2D eigenvalue weighted by atomic mass is 10.0. The van der Waals surface area contributed by atoms with Crippen LogP contribution in [0, 0.1) is 5.82 Å². The predicted octanol–water partition coefficient (Wildman–Crippen LogP) is 4.00. The van der Waals surface area contributed by atoms with E-state index in [4.69, 9.17) is 9.15 Å². The van der Waals surface area contributed by atoms with E-state index in [1.54, 1.807) is 49.5 Å². The molecule has 4 N–H and O–H groups in total. The molecule has 1 heterocycles. The van der Waals surface area contributed by atoms with E-state index in [1.165, 1.54) is 22.7 Å². The molecule has 4 aromatic rings. The Bertz CT molecular complexity index is 1620. The number of carbonyl (C=O) groups excluding carboxylic acids is 1. The molecule has 1 amide bonds. The third-order valence-electron chi connectivity index (χ3n) is 6.86. The smallest absolute Gasteiger partial charge is 0.255 e. The second-order valence-corrected chi connectivity index (χ2v) is 11.7. The molecule has 1 fully saturated rings. The molecule has 0 bridgehead atoms. The molecule has 0 radical (unpaired) electrons. The van der Waals surface area contributed by atoms with Crippen LogP contribution in [0.2, 0.25) is 0 Å². The number of unbranched alkanes of at least 4 members (excludes halogenated alkanes) is 1. The van der Waals surface area contributed by atoms with Gasteiger partial charge in [0, 0.05) is 30.6 Å². The molecule has 0 aliphatic heterocycles. The van der Waals surface area contributed by atoms with Crippen molar-refractivity contribution in [1.82, 2.24) is 11.5 Å². The second kappa shape index (κ2) is 12.9. The molecule has 1 aromatic heterocycles. The molecule has 0 unspecified atom stereocenters. The number of furan rings is 1. The van der Waals surface area contributed by atoms with Gasteiger partial charge in [0.2, 0.25) is 10.0 Å². The van der Waals surface area contributed by atoms with Crippen LogP contribution in [0.3, 0.4) is 0 Å². The number of nitrogens with zero attached hydrogens (tertiary/aromatic N) is 1. The van der Waals surface area contributed by atoms with E-state index >= 15 is 0 Å². The molecule has 0 atom stereocenters. The Hall–Kier alpha value is -3.60. The molecule has 41 heavy (non-hydrogen) atoms. The summed E-state index contributed by atoms with van der Waals surface area (Å²) in [5, 5.41) is 3.36. The van der Waals surface area contributed by atoms with Crippen molar-refractivity contribution in [3.8, 4) is 22.8 Å². The maximum atomic E-state index is 13.2. The summed E-state index contributed by atoms with van der Waals surface area (Å²) in [7, 11) is -1.95. The third kappa shape index (κ3) is 6.83. The van der Waals surface area contributed by atoms with Crippen LogP contribution in [-0.2, 0) is 10.0 Å². The fraction of sp³-hybridized carbons (Fsp3) is 0.300. The Kier molecular flexibility index (Phi) is 10.1. The first kappa shape index (κ1) is 31.9. The number of sulfonamides is 1. The lowest BCUT2D eigenvalue weighted by Crippen LogP contribution is -3.00. The summed E-state index contributed by atoms with van der Waals surface area (Å²) in [6, 6.07) is 16.5. The first-order valence-corrected chi connectivity index (χ1v) is 14.9. The van der Waals surface area contributed by atoms with Crippen molar-refractivity contribution in [3.63, 3.8) is 0 Å². The summed E-state index contributed by atoms with van der Waals surface area (Å²) in [4.78, 5) is 13.1. The summed E-state index contributed by atoms with van der Waals surface area (Å²) in [6.45, 7) is 2.40. The maximum Gasteiger partial charge on any atom is 0.255 e. The predicted molar refractivity (Wildman–Crippen MR) is 156 cm³/mol. The summed E-state index contributed by atoms with van der Waals surface area (Å²) < 4.78 is 52.3. The largest absolute Gasteiger partial charge is 1.00 e. The van der Waals surface area contributed by atoms with Gasteiger partial charge in [0.05, 0.1) is 17.5 Å². The van der Waals surface area contributed by atoms with Gasteiger partial charge in [-0.25, -0.2) is 12.8 Å². The van der Waals surface area contributed by atoms with E-state index in [2.05, 4.69) is 5.32 Å². The third-order valence-corrected chi connectivity index (χ3v) is 8.04. The van der Waals surface area contributed by atoms with Gasteiger partial charge in [-0.15, -0.1) is 0 Å². The van der Waals surface area contributed by atoms with Gasteiger partial charge in [0.15, 0.2) is 0 Å². The number of nitrogens with one attached hydrogen (secondary N) is 1. The molecule has 8 nitrogen and oxygen atoms in total. The topological polar surface area (TPSA) is 124 Å². The Morgan fingerprint density at radius 3 is 2.22 bits per heavy atom. The first-order chi connectivity index (χ1) is 18.7. The van der Waals surface area contributed by atoms with Crippen LogP contribution in [0.25, 0.3) is 22.3 Å². The fourth-order valence-electron chi connectivity index (χ4n) is 4.72. The highest BCUT2D eigenvalue weighted by atomic mass is 35.5. The zero-order valence-electron chi connectivity index (χ0n) is 23.2. The van der Waals surface area contributed by atoms with Crippen molar-refractivity contribution in [1.29, 1.82) is 0 Å². The van der Waals surface area contributed by atoms with Gasteiger partial charge in [-0.1, -0.05) is 13.3 Å². The van der Waals surface area contributed by atoms with Crippen LogP contribution in [0.1, 0.15) is 54.4 Å². The van der Waals surface area contributed by atoms with Gasteiger partial charge >= 0.3 is 0 Å². The van der Waals surface area contributed by atoms with Crippen LogP contribution in [0.5, 0.6) is 11.5 Å². The Labute approximate surface area is 245 Å². The number of halogens is 2. The quantitative estimate of drug-likeness (QED) is 0.283. The molecule has 5 rings (SSSR count). The standard InChI is InChI=1S/C30H31FN2O5S.ClH.H3N/c1-4-5-16-33(39(3,35)36)26-18-27-25(17-24(26)19-6-7-19)28(30(34)32-2)29(38-27)20-8-12-22(13-9-20)37-23-14-10-21(31)11-15-23;;/h8-15,17-19H,4-7,16H2,1-3H3,(H,32,34);1H;1H3/p-1. The summed E-state index contributed by atoms with van der Waals surface area (Å²) in [5.41, 5.74) is 3.04. The Morgan fingerprint density at radius 2 is 1.68 bits per heavy atom. The van der Waals surface area contributed by atoms with Crippen LogP contribution in [0.4, 0.5) is 10.1 Å². The second-order valence-electron chi connectivity index (χ2n) is 9.84. The van der Waals surface area contributed by atoms with Gasteiger partial charge in [0.1, 0.15) is 28.7 Å². The lowest BCUT2D eigenvalue weighted by molar-refractivity contribution is -0.0000205. The molecular formula is C30H34ClFN3O5S-. The molecule has 3 aromatic carbocycles.